The largest absolute Gasteiger partial charge is 1.00 e. The van der Waals surface area contributed by atoms with Crippen molar-refractivity contribution in [3.8, 4) is 6.26 Å². The predicted molar refractivity (Wildman–Crippen MR) is 12.5 cm³/mol. The maximum absolute atomic E-state index is 6.88. The van der Waals surface area contributed by atoms with Gasteiger partial charge in [0, 0.05) is 0 Å². The third kappa shape index (κ3) is 297. The molecule has 0 aromatic rings. The summed E-state index contributed by atoms with van der Waals surface area (Å²) in [5, 5.41) is 20.0. The average molecular weight is 108 g/mol. The first-order valence-electron chi connectivity index (χ1n) is 0.671. The molecule has 1 N–H and O–H groups in total. The minimum Gasteiger partial charge on any atom is -0.512 e. The van der Waals surface area contributed by atoms with Gasteiger partial charge in [0.2, 0.25) is 0 Å². The van der Waals surface area contributed by atoms with Crippen molar-refractivity contribution in [2.75, 3.05) is 0 Å². The summed E-state index contributed by atoms with van der Waals surface area (Å²) < 4.78 is 0. The second-order valence-corrected chi connectivity index (χ2v) is 0.100. The summed E-state index contributed by atoms with van der Waals surface area (Å²) in [6.45, 7) is 4.75. The molecule has 0 bridgehead atoms. The van der Waals surface area contributed by atoms with Crippen LogP contribution in [0, 0.1) is 23.4 Å². The van der Waals surface area contributed by atoms with Crippen molar-refractivity contribution in [1.82, 2.24) is 0 Å². The average Bonchev–Trinajstić information content (AvgIpc) is 1.46. The van der Waals surface area contributed by atoms with Crippen LogP contribution in [0.5, 0.6) is 0 Å². The molecule has 0 unspecified atom stereocenters. The van der Waals surface area contributed by atoms with Gasteiger partial charge in [0.05, 0.1) is 0 Å². The molecule has 6 heavy (non-hydrogen) atoms. The van der Waals surface area contributed by atoms with Gasteiger partial charge in [-0.1, -0.05) is 0 Å². The first-order chi connectivity index (χ1) is 2.41. The van der Waals surface area contributed by atoms with Crippen molar-refractivity contribution in [2.45, 2.75) is 0 Å². The quantitative estimate of drug-likeness (QED) is 0.203. The molecular formula is C2HKN2O. The molecule has 0 saturated carbocycles. The molecule has 0 atom stereocenters. The van der Waals surface area contributed by atoms with Gasteiger partial charge < -0.3 is 16.9 Å². The van der Waals surface area contributed by atoms with E-state index in [2.05, 4.69) is 0 Å². The van der Waals surface area contributed by atoms with E-state index >= 15 is 0 Å². The third-order valence-corrected chi connectivity index (χ3v) is 0. The monoisotopic (exact) mass is 108 g/mol. The van der Waals surface area contributed by atoms with E-state index in [1.165, 1.54) is 0 Å². The van der Waals surface area contributed by atoms with Crippen LogP contribution in [0.3, 0.4) is 0 Å². The molecule has 0 radical (unpaired) electrons. The zero-order valence-electron chi connectivity index (χ0n) is 3.34. The summed E-state index contributed by atoms with van der Waals surface area (Å²) in [5.74, 6) is 0. The normalized spacial score (nSPS) is 1.50. The number of aliphatic hydroxyl groups excluding tert-OH is 1. The van der Waals surface area contributed by atoms with Crippen molar-refractivity contribution in [3.05, 3.63) is 6.57 Å². The van der Waals surface area contributed by atoms with Gasteiger partial charge in [0.1, 0.15) is 0 Å². The standard InChI is InChI=1S/CHNO.CN.K/c2-1-3;1-2;/h3H;;/q;-1;+1. The zero-order chi connectivity index (χ0) is 4.71. The first-order valence-corrected chi connectivity index (χ1v) is 0.671. The second-order valence-electron chi connectivity index (χ2n) is 0.100. The first kappa shape index (κ1) is 16.1. The molecule has 0 aliphatic heterocycles. The van der Waals surface area contributed by atoms with Gasteiger partial charge in [-0.15, -0.1) is 0 Å². The molecule has 0 aliphatic carbocycles. The van der Waals surface area contributed by atoms with E-state index in [0.717, 1.165) is 6.26 Å². The van der Waals surface area contributed by atoms with Gasteiger partial charge in [-0.3, -0.25) is 0 Å². The Labute approximate surface area is 78.6 Å². The zero-order valence-corrected chi connectivity index (χ0v) is 6.46. The molecular weight excluding hydrogens is 107 g/mol. The van der Waals surface area contributed by atoms with E-state index in [4.69, 9.17) is 22.2 Å². The molecule has 0 saturated heterocycles. The van der Waals surface area contributed by atoms with E-state index in [-0.39, 0.29) is 51.4 Å². The maximum Gasteiger partial charge on any atom is 1.00 e. The molecule has 3 nitrogen and oxygen atoms in total. The Morgan fingerprint density at radius 2 is 1.50 bits per heavy atom. The van der Waals surface area contributed by atoms with Crippen molar-refractivity contribution in [2.24, 2.45) is 0 Å². The Kier molecular flexibility index (Phi) is 142. The molecule has 0 aliphatic rings. The number of rotatable bonds is 0. The Bertz CT molecular complexity index is 54.3. The van der Waals surface area contributed by atoms with Crippen LogP contribution in [-0.2, 0) is 0 Å². The van der Waals surface area contributed by atoms with Gasteiger partial charge in [-0.05, 0) is 0 Å². The Morgan fingerprint density at radius 1 is 1.50 bits per heavy atom. The molecule has 0 fully saturated rings. The van der Waals surface area contributed by atoms with Crippen molar-refractivity contribution >= 4 is 0 Å². The van der Waals surface area contributed by atoms with Gasteiger partial charge in [-0.25, -0.2) is 0 Å². The summed E-state index contributed by atoms with van der Waals surface area (Å²) >= 11 is 0. The maximum atomic E-state index is 6.88. The van der Waals surface area contributed by atoms with Gasteiger partial charge in [0.25, 0.3) is 6.26 Å². The summed E-state index contributed by atoms with van der Waals surface area (Å²) in [6, 6.07) is 0. The summed E-state index contributed by atoms with van der Waals surface area (Å²) in [7, 11) is 0. The van der Waals surface area contributed by atoms with Gasteiger partial charge in [0.15, 0.2) is 0 Å². The Balaban J connectivity index is -0.0000000275. The van der Waals surface area contributed by atoms with Crippen LogP contribution in [0.25, 0.3) is 0 Å². The van der Waals surface area contributed by atoms with Crippen LogP contribution in [0.4, 0.5) is 0 Å². The van der Waals surface area contributed by atoms with Crippen molar-refractivity contribution < 1.29 is 56.5 Å². The van der Waals surface area contributed by atoms with Crippen LogP contribution in [0.15, 0.2) is 0 Å². The minimum atomic E-state index is 0. The van der Waals surface area contributed by atoms with Crippen LogP contribution in [-0.4, -0.2) is 5.11 Å². The van der Waals surface area contributed by atoms with Crippen molar-refractivity contribution in [1.29, 1.82) is 10.5 Å². The molecule has 4 heteroatoms. The SMILES string of the molecule is N#CO.[C-]#N.[K+]. The molecule has 0 heterocycles. The van der Waals surface area contributed by atoms with Crippen LogP contribution in [0.2, 0.25) is 0 Å². The van der Waals surface area contributed by atoms with E-state index in [1.54, 1.807) is 0 Å². The number of nitrogens with zero attached hydrogens (tertiary/aromatic N) is 2. The number of aliphatic hydroxyl groups is 1. The number of hydrogen-bond donors (Lipinski definition) is 1. The number of hydrogen-bond acceptors (Lipinski definition) is 3. The summed E-state index contributed by atoms with van der Waals surface area (Å²) in [5.41, 5.74) is 0. The molecule has 26 valence electrons. The molecule has 0 spiro atoms. The number of nitriles is 1. The summed E-state index contributed by atoms with van der Waals surface area (Å²) in [6.07, 6.45) is 0.750. The smallest absolute Gasteiger partial charge is 0.512 e. The van der Waals surface area contributed by atoms with Gasteiger partial charge in [-0.2, -0.15) is 5.26 Å². The topological polar surface area (TPSA) is 67.8 Å². The van der Waals surface area contributed by atoms with Crippen LogP contribution >= 0.6 is 0 Å². The molecule has 0 amide bonds. The fraction of sp³-hybridized carbons (Fsp3) is 0. The Morgan fingerprint density at radius 3 is 1.50 bits per heavy atom. The minimum absolute atomic E-state index is 0. The van der Waals surface area contributed by atoms with Crippen LogP contribution < -0.4 is 51.4 Å². The molecule has 0 aromatic heterocycles. The van der Waals surface area contributed by atoms with Crippen LogP contribution in [0.1, 0.15) is 0 Å². The van der Waals surface area contributed by atoms with E-state index in [9.17, 15) is 0 Å². The molecule has 0 aromatic carbocycles. The second kappa shape index (κ2) is 52.7. The third-order valence-electron chi connectivity index (χ3n) is 0. The van der Waals surface area contributed by atoms with Gasteiger partial charge >= 0.3 is 51.4 Å². The van der Waals surface area contributed by atoms with E-state index in [0.29, 0.717) is 0 Å². The summed E-state index contributed by atoms with van der Waals surface area (Å²) in [4.78, 5) is 0. The van der Waals surface area contributed by atoms with E-state index in [1.807, 2.05) is 0 Å². The fourth-order valence-electron chi connectivity index (χ4n) is 0. The van der Waals surface area contributed by atoms with E-state index < -0.39 is 0 Å². The predicted octanol–water partition coefficient (Wildman–Crippen LogP) is -3.06. The molecule has 0 rings (SSSR count). The van der Waals surface area contributed by atoms with Crippen molar-refractivity contribution in [3.63, 3.8) is 0 Å². The Hall–Kier alpha value is 0.416. The fourth-order valence-corrected chi connectivity index (χ4v) is 0.